The fraction of sp³-hybridized carbons (Fsp3) is 0.0833. The Bertz CT molecular complexity index is 589. The first-order valence-electron chi connectivity index (χ1n) is 4.95. The van der Waals surface area contributed by atoms with E-state index in [1.165, 1.54) is 6.07 Å². The molecule has 0 bridgehead atoms. The van der Waals surface area contributed by atoms with Crippen LogP contribution in [-0.2, 0) is 0 Å². The van der Waals surface area contributed by atoms with E-state index in [0.717, 1.165) is 11.9 Å². The smallest absolute Gasteiger partial charge is 0.218 e. The highest BCUT2D eigenvalue weighted by Gasteiger charge is 2.06. The topological polar surface area (TPSA) is 61.6 Å². The van der Waals surface area contributed by atoms with Crippen molar-refractivity contribution in [3.63, 3.8) is 0 Å². The normalized spacial score (nSPS) is 9.71. The van der Waals surface area contributed by atoms with E-state index < -0.39 is 5.95 Å². The lowest BCUT2D eigenvalue weighted by atomic mass is 10.1. The maximum Gasteiger partial charge on any atom is 0.218 e. The minimum Gasteiger partial charge on any atom is -0.339 e. The van der Waals surface area contributed by atoms with Crippen LogP contribution < -0.4 is 5.32 Å². The van der Waals surface area contributed by atoms with Gasteiger partial charge >= 0.3 is 0 Å². The number of hydrogen-bond acceptors (Lipinski definition) is 4. The predicted octanol–water partition coefficient (Wildman–Crippen LogP) is 2.54. The molecule has 0 atom stereocenters. The van der Waals surface area contributed by atoms with Gasteiger partial charge in [0.15, 0.2) is 0 Å². The average Bonchev–Trinajstić information content (AvgIpc) is 2.29. The molecule has 0 radical (unpaired) electrons. The number of nitriles is 1. The van der Waals surface area contributed by atoms with Gasteiger partial charge in [0.25, 0.3) is 0 Å². The zero-order valence-corrected chi connectivity index (χ0v) is 9.11. The fourth-order valence-corrected chi connectivity index (χ4v) is 1.46. The van der Waals surface area contributed by atoms with Gasteiger partial charge in [-0.3, -0.25) is 0 Å². The molecular formula is C12H9FN4. The third-order valence-electron chi connectivity index (χ3n) is 2.28. The molecule has 0 unspecified atom stereocenters. The molecule has 4 nitrogen and oxygen atoms in total. The van der Waals surface area contributed by atoms with Gasteiger partial charge in [-0.15, -0.1) is 0 Å². The number of benzene rings is 1. The number of aryl methyl sites for hydroxylation is 1. The van der Waals surface area contributed by atoms with Gasteiger partial charge in [0, 0.05) is 6.07 Å². The highest BCUT2D eigenvalue weighted by Crippen LogP contribution is 2.21. The Kier molecular flexibility index (Phi) is 2.97. The minimum absolute atomic E-state index is 0.319. The summed E-state index contributed by atoms with van der Waals surface area (Å²) in [5.41, 5.74) is 1.98. The van der Waals surface area contributed by atoms with Gasteiger partial charge in [0.1, 0.15) is 18.2 Å². The van der Waals surface area contributed by atoms with Crippen LogP contribution in [0.4, 0.5) is 15.9 Å². The van der Waals surface area contributed by atoms with E-state index >= 15 is 0 Å². The zero-order chi connectivity index (χ0) is 12.3. The highest BCUT2D eigenvalue weighted by molar-refractivity contribution is 5.66. The van der Waals surface area contributed by atoms with Crippen LogP contribution >= 0.6 is 0 Å². The van der Waals surface area contributed by atoms with Gasteiger partial charge in [-0.25, -0.2) is 9.97 Å². The molecule has 0 aliphatic carbocycles. The van der Waals surface area contributed by atoms with Crippen molar-refractivity contribution in [3.8, 4) is 6.07 Å². The Morgan fingerprint density at radius 2 is 2.18 bits per heavy atom. The summed E-state index contributed by atoms with van der Waals surface area (Å²) in [4.78, 5) is 7.23. The second-order valence-corrected chi connectivity index (χ2v) is 3.46. The van der Waals surface area contributed by atoms with Crippen molar-refractivity contribution in [3.05, 3.63) is 47.7 Å². The van der Waals surface area contributed by atoms with E-state index in [0.29, 0.717) is 17.1 Å². The van der Waals surface area contributed by atoms with E-state index in [-0.39, 0.29) is 0 Å². The first-order chi connectivity index (χ1) is 8.20. The van der Waals surface area contributed by atoms with Crippen molar-refractivity contribution in [1.29, 1.82) is 5.26 Å². The van der Waals surface area contributed by atoms with Crippen LogP contribution in [-0.4, -0.2) is 9.97 Å². The SMILES string of the molecule is Cc1cccc(Nc2cc(F)ncn2)c1C#N. The number of halogens is 1. The highest BCUT2D eigenvalue weighted by atomic mass is 19.1. The van der Waals surface area contributed by atoms with Crippen LogP contribution in [0.3, 0.4) is 0 Å². The molecule has 0 aliphatic rings. The van der Waals surface area contributed by atoms with Crippen LogP contribution in [0.15, 0.2) is 30.6 Å². The lowest BCUT2D eigenvalue weighted by molar-refractivity contribution is 0.580. The lowest BCUT2D eigenvalue weighted by Crippen LogP contribution is -1.98. The van der Waals surface area contributed by atoms with E-state index in [2.05, 4.69) is 21.4 Å². The maximum absolute atomic E-state index is 12.9. The molecule has 17 heavy (non-hydrogen) atoms. The van der Waals surface area contributed by atoms with Crippen molar-refractivity contribution in [2.75, 3.05) is 5.32 Å². The minimum atomic E-state index is -0.617. The Morgan fingerprint density at radius 1 is 1.35 bits per heavy atom. The summed E-state index contributed by atoms with van der Waals surface area (Å²) in [6.07, 6.45) is 1.12. The predicted molar refractivity (Wildman–Crippen MR) is 61.2 cm³/mol. The molecule has 1 heterocycles. The number of nitrogens with zero attached hydrogens (tertiary/aromatic N) is 3. The molecule has 0 saturated heterocycles. The Morgan fingerprint density at radius 3 is 2.88 bits per heavy atom. The quantitative estimate of drug-likeness (QED) is 0.802. The first kappa shape index (κ1) is 11.0. The largest absolute Gasteiger partial charge is 0.339 e. The van der Waals surface area contributed by atoms with Crippen LogP contribution in [0.5, 0.6) is 0 Å². The molecule has 1 aromatic carbocycles. The molecule has 0 fully saturated rings. The number of nitrogens with one attached hydrogen (secondary N) is 1. The summed E-state index contributed by atoms with van der Waals surface area (Å²) in [6, 6.07) is 8.66. The van der Waals surface area contributed by atoms with Crippen LogP contribution in [0.25, 0.3) is 0 Å². The maximum atomic E-state index is 12.9. The molecule has 1 aromatic heterocycles. The summed E-state index contributed by atoms with van der Waals surface area (Å²) < 4.78 is 12.9. The van der Waals surface area contributed by atoms with Crippen LogP contribution in [0.1, 0.15) is 11.1 Å². The number of rotatable bonds is 2. The fourth-order valence-electron chi connectivity index (χ4n) is 1.46. The second kappa shape index (κ2) is 4.58. The van der Waals surface area contributed by atoms with Gasteiger partial charge in [-0.1, -0.05) is 12.1 Å². The van der Waals surface area contributed by atoms with Crippen LogP contribution in [0.2, 0.25) is 0 Å². The molecule has 5 heteroatoms. The Labute approximate surface area is 97.8 Å². The molecule has 2 rings (SSSR count). The molecule has 0 aliphatic heterocycles. The Hall–Kier alpha value is -2.48. The van der Waals surface area contributed by atoms with Gasteiger partial charge in [0.05, 0.1) is 11.3 Å². The first-order valence-corrected chi connectivity index (χ1v) is 4.95. The van der Waals surface area contributed by atoms with Crippen LogP contribution in [0, 0.1) is 24.2 Å². The lowest BCUT2D eigenvalue weighted by Gasteiger charge is -2.08. The molecule has 1 N–H and O–H groups in total. The van der Waals surface area contributed by atoms with Crippen molar-refractivity contribution in [1.82, 2.24) is 9.97 Å². The van der Waals surface area contributed by atoms with Gasteiger partial charge in [-0.05, 0) is 18.6 Å². The van der Waals surface area contributed by atoms with Gasteiger partial charge in [-0.2, -0.15) is 9.65 Å². The van der Waals surface area contributed by atoms with E-state index in [1.54, 1.807) is 6.07 Å². The molecule has 2 aromatic rings. The summed E-state index contributed by atoms with van der Waals surface area (Å²) in [6.45, 7) is 1.84. The van der Waals surface area contributed by atoms with E-state index in [1.807, 2.05) is 19.1 Å². The summed E-state index contributed by atoms with van der Waals surface area (Å²) >= 11 is 0. The monoisotopic (exact) mass is 228 g/mol. The average molecular weight is 228 g/mol. The molecule has 0 spiro atoms. The summed E-state index contributed by atoms with van der Waals surface area (Å²) in [7, 11) is 0. The standard InChI is InChI=1S/C12H9FN4/c1-8-3-2-4-10(9(8)6-14)17-12-5-11(13)15-7-16-12/h2-5,7H,1H3,(H,15,16,17). The molecular weight excluding hydrogens is 219 g/mol. The number of hydrogen-bond donors (Lipinski definition) is 1. The van der Waals surface area contributed by atoms with E-state index in [4.69, 9.17) is 5.26 Å². The second-order valence-electron chi connectivity index (χ2n) is 3.46. The van der Waals surface area contributed by atoms with Gasteiger partial charge in [0.2, 0.25) is 5.95 Å². The number of anilines is 2. The van der Waals surface area contributed by atoms with Crippen molar-refractivity contribution in [2.45, 2.75) is 6.92 Å². The van der Waals surface area contributed by atoms with Crippen molar-refractivity contribution in [2.24, 2.45) is 0 Å². The van der Waals surface area contributed by atoms with Crippen molar-refractivity contribution >= 4 is 11.5 Å². The molecule has 84 valence electrons. The molecule has 0 saturated carbocycles. The summed E-state index contributed by atoms with van der Waals surface area (Å²) in [5.74, 6) is -0.298. The Balaban J connectivity index is 2.37. The third-order valence-corrected chi connectivity index (χ3v) is 2.28. The van der Waals surface area contributed by atoms with E-state index in [9.17, 15) is 4.39 Å². The number of aromatic nitrogens is 2. The summed E-state index contributed by atoms with van der Waals surface area (Å²) in [5, 5.41) is 11.9. The third kappa shape index (κ3) is 2.37. The molecule has 0 amide bonds. The zero-order valence-electron chi connectivity index (χ0n) is 9.11. The van der Waals surface area contributed by atoms with Crippen molar-refractivity contribution < 1.29 is 4.39 Å². The van der Waals surface area contributed by atoms with Gasteiger partial charge < -0.3 is 5.32 Å².